The summed E-state index contributed by atoms with van der Waals surface area (Å²) in [5.74, 6) is -0.918. The molecule has 0 aliphatic heterocycles. The van der Waals surface area contributed by atoms with Crippen LogP contribution >= 0.6 is 0 Å². The second-order valence-electron chi connectivity index (χ2n) is 5.07. The van der Waals surface area contributed by atoms with Crippen LogP contribution in [-0.2, 0) is 0 Å². The molecule has 24 heavy (non-hydrogen) atoms. The van der Waals surface area contributed by atoms with Crippen LogP contribution in [0.1, 0.15) is 10.4 Å². The molecule has 0 spiro atoms. The number of rotatable bonds is 5. The van der Waals surface area contributed by atoms with E-state index in [0.717, 1.165) is 11.1 Å². The molecule has 1 aromatic heterocycles. The number of halogens is 2. The second kappa shape index (κ2) is 6.54. The first kappa shape index (κ1) is 15.7. The first-order valence-corrected chi connectivity index (χ1v) is 7.10. The molecule has 1 heterocycles. The number of carbonyl (C=O) groups is 1. The molecule has 122 valence electrons. The van der Waals surface area contributed by atoms with Crippen molar-refractivity contribution in [1.29, 1.82) is 0 Å². The van der Waals surface area contributed by atoms with E-state index < -0.39 is 12.6 Å². The van der Waals surface area contributed by atoms with Crippen molar-refractivity contribution in [2.45, 2.75) is 6.61 Å². The quantitative estimate of drug-likeness (QED) is 0.753. The van der Waals surface area contributed by atoms with Gasteiger partial charge >= 0.3 is 12.6 Å². The van der Waals surface area contributed by atoms with Crippen molar-refractivity contribution >= 4 is 5.97 Å². The lowest BCUT2D eigenvalue weighted by atomic mass is 10.1. The predicted octanol–water partition coefficient (Wildman–Crippen LogP) is 4.44. The third-order valence-corrected chi connectivity index (χ3v) is 3.48. The zero-order valence-electron chi connectivity index (χ0n) is 12.4. The molecule has 0 saturated carbocycles. The van der Waals surface area contributed by atoms with Gasteiger partial charge in [0.25, 0.3) is 0 Å². The van der Waals surface area contributed by atoms with Crippen LogP contribution in [0.3, 0.4) is 0 Å². The normalized spacial score (nSPS) is 10.8. The molecule has 0 aliphatic carbocycles. The standard InChI is InChI=1S/C18H13F2NO3/c19-18(20)24-16-6-2-5-15(10-16)21-8-7-14(11-21)12-3-1-4-13(9-12)17(22)23/h1-11,18H,(H,22,23). The van der Waals surface area contributed by atoms with Crippen LogP contribution in [0.5, 0.6) is 5.75 Å². The minimum Gasteiger partial charge on any atom is -0.478 e. The van der Waals surface area contributed by atoms with Crippen molar-refractivity contribution in [2.75, 3.05) is 0 Å². The van der Waals surface area contributed by atoms with Gasteiger partial charge < -0.3 is 14.4 Å². The van der Waals surface area contributed by atoms with Gasteiger partial charge in [-0.3, -0.25) is 0 Å². The van der Waals surface area contributed by atoms with Crippen LogP contribution in [-0.4, -0.2) is 22.3 Å². The molecule has 6 heteroatoms. The van der Waals surface area contributed by atoms with Gasteiger partial charge in [-0.25, -0.2) is 4.79 Å². The SMILES string of the molecule is O=C(O)c1cccc(-c2ccn(-c3cccc(OC(F)F)c3)c2)c1. The molecule has 0 radical (unpaired) electrons. The Balaban J connectivity index is 1.91. The van der Waals surface area contributed by atoms with Gasteiger partial charge in [0.05, 0.1) is 5.56 Å². The van der Waals surface area contributed by atoms with Crippen LogP contribution in [0, 0.1) is 0 Å². The van der Waals surface area contributed by atoms with Crippen LogP contribution < -0.4 is 4.74 Å². The fraction of sp³-hybridized carbons (Fsp3) is 0.0556. The first-order chi connectivity index (χ1) is 11.5. The molecule has 0 bridgehead atoms. The van der Waals surface area contributed by atoms with E-state index in [-0.39, 0.29) is 11.3 Å². The molecule has 3 rings (SSSR count). The van der Waals surface area contributed by atoms with Gasteiger partial charge in [0, 0.05) is 24.1 Å². The zero-order valence-corrected chi connectivity index (χ0v) is 12.4. The highest BCUT2D eigenvalue weighted by molar-refractivity contribution is 5.89. The minimum absolute atomic E-state index is 0.0747. The summed E-state index contributed by atoms with van der Waals surface area (Å²) in [6.07, 6.45) is 3.56. The summed E-state index contributed by atoms with van der Waals surface area (Å²) < 4.78 is 30.8. The summed E-state index contributed by atoms with van der Waals surface area (Å²) in [7, 11) is 0. The fourth-order valence-electron chi connectivity index (χ4n) is 2.38. The molecule has 0 unspecified atom stereocenters. The number of carboxylic acid groups (broad SMARTS) is 1. The molecule has 3 aromatic rings. The number of nitrogens with zero attached hydrogens (tertiary/aromatic N) is 1. The lowest BCUT2D eigenvalue weighted by Crippen LogP contribution is -2.02. The van der Waals surface area contributed by atoms with Crippen LogP contribution in [0.25, 0.3) is 16.8 Å². The Kier molecular flexibility index (Phi) is 4.29. The number of hydrogen-bond acceptors (Lipinski definition) is 2. The van der Waals surface area contributed by atoms with E-state index >= 15 is 0 Å². The molecule has 1 N–H and O–H groups in total. The Labute approximate surface area is 136 Å². The third kappa shape index (κ3) is 3.43. The average Bonchev–Trinajstić information content (AvgIpc) is 3.04. The summed E-state index contributed by atoms with van der Waals surface area (Å²) in [6, 6.07) is 14.7. The molecule has 0 fully saturated rings. The van der Waals surface area contributed by atoms with Gasteiger partial charge in [0.2, 0.25) is 0 Å². The Morgan fingerprint density at radius 1 is 1.04 bits per heavy atom. The van der Waals surface area contributed by atoms with Gasteiger partial charge in [-0.15, -0.1) is 0 Å². The highest BCUT2D eigenvalue weighted by Gasteiger charge is 2.08. The summed E-state index contributed by atoms with van der Waals surface area (Å²) in [5, 5.41) is 9.06. The summed E-state index contributed by atoms with van der Waals surface area (Å²) in [4.78, 5) is 11.1. The number of hydrogen-bond donors (Lipinski definition) is 1. The molecule has 0 saturated heterocycles. The molecule has 0 aliphatic rings. The van der Waals surface area contributed by atoms with Crippen LogP contribution in [0.2, 0.25) is 0 Å². The Hall–Kier alpha value is -3.15. The lowest BCUT2D eigenvalue weighted by Gasteiger charge is -2.07. The van der Waals surface area contributed by atoms with Gasteiger partial charge in [0.15, 0.2) is 0 Å². The van der Waals surface area contributed by atoms with Crippen molar-refractivity contribution in [2.24, 2.45) is 0 Å². The van der Waals surface area contributed by atoms with E-state index in [9.17, 15) is 13.6 Å². The van der Waals surface area contributed by atoms with Crippen molar-refractivity contribution < 1.29 is 23.4 Å². The number of alkyl halides is 2. The van der Waals surface area contributed by atoms with E-state index in [0.29, 0.717) is 5.69 Å². The maximum Gasteiger partial charge on any atom is 0.387 e. The van der Waals surface area contributed by atoms with E-state index in [1.165, 1.54) is 18.2 Å². The van der Waals surface area contributed by atoms with Crippen molar-refractivity contribution in [1.82, 2.24) is 4.57 Å². The number of ether oxygens (including phenoxy) is 1. The highest BCUT2D eigenvalue weighted by atomic mass is 19.3. The van der Waals surface area contributed by atoms with Crippen LogP contribution in [0.4, 0.5) is 8.78 Å². The van der Waals surface area contributed by atoms with E-state index in [4.69, 9.17) is 5.11 Å². The monoisotopic (exact) mass is 329 g/mol. The molecular formula is C18H13F2NO3. The molecule has 0 atom stereocenters. The van der Waals surface area contributed by atoms with Crippen LogP contribution in [0.15, 0.2) is 67.0 Å². The predicted molar refractivity (Wildman–Crippen MR) is 84.8 cm³/mol. The summed E-state index contributed by atoms with van der Waals surface area (Å²) in [6.45, 7) is -2.88. The minimum atomic E-state index is -2.88. The van der Waals surface area contributed by atoms with Gasteiger partial charge in [0.1, 0.15) is 5.75 Å². The molecule has 0 amide bonds. The van der Waals surface area contributed by atoms with Crippen molar-refractivity contribution in [3.8, 4) is 22.6 Å². The smallest absolute Gasteiger partial charge is 0.387 e. The maximum atomic E-state index is 12.3. The number of aromatic carboxylic acids is 1. The Morgan fingerprint density at radius 2 is 1.83 bits per heavy atom. The van der Waals surface area contributed by atoms with Gasteiger partial charge in [-0.05, 0) is 41.5 Å². The van der Waals surface area contributed by atoms with E-state index in [1.54, 1.807) is 41.2 Å². The number of carboxylic acids is 1. The lowest BCUT2D eigenvalue weighted by molar-refractivity contribution is -0.0498. The second-order valence-corrected chi connectivity index (χ2v) is 5.07. The average molecular weight is 329 g/mol. The first-order valence-electron chi connectivity index (χ1n) is 7.10. The van der Waals surface area contributed by atoms with Crippen molar-refractivity contribution in [3.05, 3.63) is 72.6 Å². The largest absolute Gasteiger partial charge is 0.478 e. The van der Waals surface area contributed by atoms with Gasteiger partial charge in [-0.2, -0.15) is 8.78 Å². The summed E-state index contributed by atoms with van der Waals surface area (Å²) >= 11 is 0. The fourth-order valence-corrected chi connectivity index (χ4v) is 2.38. The Bertz CT molecular complexity index is 874. The summed E-state index contributed by atoms with van der Waals surface area (Å²) in [5.41, 5.74) is 2.44. The number of aromatic nitrogens is 1. The molecule has 2 aromatic carbocycles. The highest BCUT2D eigenvalue weighted by Crippen LogP contribution is 2.24. The number of benzene rings is 2. The topological polar surface area (TPSA) is 51.5 Å². The van der Waals surface area contributed by atoms with E-state index in [1.807, 2.05) is 12.1 Å². The molecular weight excluding hydrogens is 316 g/mol. The third-order valence-electron chi connectivity index (χ3n) is 3.48. The molecule has 4 nitrogen and oxygen atoms in total. The maximum absolute atomic E-state index is 12.3. The van der Waals surface area contributed by atoms with E-state index in [2.05, 4.69) is 4.74 Å². The van der Waals surface area contributed by atoms with Crippen molar-refractivity contribution in [3.63, 3.8) is 0 Å². The van der Waals surface area contributed by atoms with Gasteiger partial charge in [-0.1, -0.05) is 18.2 Å². The Morgan fingerprint density at radius 3 is 2.58 bits per heavy atom. The zero-order chi connectivity index (χ0) is 17.1.